The van der Waals surface area contributed by atoms with Gasteiger partial charge in [0.25, 0.3) is 0 Å². The topological polar surface area (TPSA) is 34.5 Å². The minimum absolute atomic E-state index is 0.284. The first kappa shape index (κ1) is 14.6. The lowest BCUT2D eigenvalue weighted by molar-refractivity contribution is -0.118. The number of alkyl halides is 2. The zero-order valence-corrected chi connectivity index (χ0v) is 12.9. The SMILES string of the molecule is FC1(F)COC=N[C@@]12CCc1ccc(-c3cncc(Cl)c3)cc12. The van der Waals surface area contributed by atoms with Crippen LogP contribution < -0.4 is 0 Å². The smallest absolute Gasteiger partial charge is 0.310 e. The summed E-state index contributed by atoms with van der Waals surface area (Å²) in [4.78, 5) is 8.13. The van der Waals surface area contributed by atoms with E-state index >= 15 is 0 Å². The fourth-order valence-corrected chi connectivity index (χ4v) is 3.55. The first-order valence-corrected chi connectivity index (χ1v) is 7.67. The maximum Gasteiger partial charge on any atom is 0.310 e. The molecule has 1 aromatic carbocycles. The van der Waals surface area contributed by atoms with E-state index in [4.69, 9.17) is 16.3 Å². The van der Waals surface area contributed by atoms with Crippen molar-refractivity contribution < 1.29 is 13.5 Å². The number of rotatable bonds is 1. The van der Waals surface area contributed by atoms with Crippen molar-refractivity contribution in [2.45, 2.75) is 24.3 Å². The van der Waals surface area contributed by atoms with E-state index < -0.39 is 18.1 Å². The number of aromatic nitrogens is 1. The molecule has 1 aliphatic carbocycles. The molecular formula is C17H13ClF2N2O. The summed E-state index contributed by atoms with van der Waals surface area (Å²) < 4.78 is 33.9. The lowest BCUT2D eigenvalue weighted by Crippen LogP contribution is -2.48. The lowest BCUT2D eigenvalue weighted by Gasteiger charge is -2.36. The average Bonchev–Trinajstić information content (AvgIpc) is 2.90. The molecule has 0 unspecified atom stereocenters. The first-order chi connectivity index (χ1) is 11.0. The van der Waals surface area contributed by atoms with Gasteiger partial charge in [0.2, 0.25) is 0 Å². The molecule has 3 nitrogen and oxygen atoms in total. The third-order valence-electron chi connectivity index (χ3n) is 4.57. The molecule has 0 saturated heterocycles. The number of ether oxygens (including phenoxy) is 1. The number of hydrogen-bond acceptors (Lipinski definition) is 3. The lowest BCUT2D eigenvalue weighted by atomic mass is 9.84. The Morgan fingerprint density at radius 2 is 2.00 bits per heavy atom. The quantitative estimate of drug-likeness (QED) is 0.782. The number of pyridine rings is 1. The zero-order valence-electron chi connectivity index (χ0n) is 12.1. The normalized spacial score (nSPS) is 24.5. The number of fused-ring (bicyclic) bond motifs is 2. The van der Waals surface area contributed by atoms with Gasteiger partial charge in [0, 0.05) is 18.0 Å². The van der Waals surface area contributed by atoms with Gasteiger partial charge in [0.05, 0.1) is 5.02 Å². The van der Waals surface area contributed by atoms with Crippen LogP contribution in [-0.4, -0.2) is 23.9 Å². The summed E-state index contributed by atoms with van der Waals surface area (Å²) in [5.41, 5.74) is 1.55. The molecule has 2 aromatic rings. The van der Waals surface area contributed by atoms with E-state index in [0.29, 0.717) is 17.0 Å². The van der Waals surface area contributed by atoms with E-state index in [1.54, 1.807) is 18.3 Å². The molecule has 1 aromatic heterocycles. The van der Waals surface area contributed by atoms with Gasteiger partial charge in [-0.3, -0.25) is 4.98 Å². The van der Waals surface area contributed by atoms with Crippen molar-refractivity contribution in [3.8, 4) is 11.1 Å². The molecule has 4 rings (SSSR count). The molecule has 6 heteroatoms. The summed E-state index contributed by atoms with van der Waals surface area (Å²) in [6, 6.07) is 7.35. The Bertz CT molecular complexity index is 809. The highest BCUT2D eigenvalue weighted by Gasteiger charge is 2.59. The number of aliphatic imine (C=N–C) groups is 1. The molecule has 1 aliphatic heterocycles. The summed E-state index contributed by atoms with van der Waals surface area (Å²) in [5, 5.41) is 0.507. The van der Waals surface area contributed by atoms with Gasteiger partial charge < -0.3 is 4.74 Å². The van der Waals surface area contributed by atoms with Crippen LogP contribution >= 0.6 is 11.6 Å². The van der Waals surface area contributed by atoms with Crippen LogP contribution in [-0.2, 0) is 16.7 Å². The van der Waals surface area contributed by atoms with Crippen molar-refractivity contribution in [3.05, 3.63) is 52.8 Å². The Hall–Kier alpha value is -2.01. The highest BCUT2D eigenvalue weighted by atomic mass is 35.5. The van der Waals surface area contributed by atoms with E-state index in [9.17, 15) is 8.78 Å². The van der Waals surface area contributed by atoms with E-state index in [2.05, 4.69) is 9.98 Å². The first-order valence-electron chi connectivity index (χ1n) is 7.29. The molecule has 0 amide bonds. The minimum atomic E-state index is -3.03. The second kappa shape index (κ2) is 4.99. The van der Waals surface area contributed by atoms with Crippen LogP contribution in [0.25, 0.3) is 11.1 Å². The molecule has 1 spiro atoms. The van der Waals surface area contributed by atoms with Gasteiger partial charge in [-0.05, 0) is 41.7 Å². The third-order valence-corrected chi connectivity index (χ3v) is 4.77. The number of nitrogens with zero attached hydrogens (tertiary/aromatic N) is 2. The Morgan fingerprint density at radius 1 is 1.13 bits per heavy atom. The van der Waals surface area contributed by atoms with Gasteiger partial charge in [0.15, 0.2) is 18.5 Å². The highest BCUT2D eigenvalue weighted by molar-refractivity contribution is 6.30. The van der Waals surface area contributed by atoms with Gasteiger partial charge in [-0.25, -0.2) is 4.99 Å². The van der Waals surface area contributed by atoms with Crippen molar-refractivity contribution in [3.63, 3.8) is 0 Å². The van der Waals surface area contributed by atoms with Crippen LogP contribution in [0.2, 0.25) is 5.02 Å². The summed E-state index contributed by atoms with van der Waals surface area (Å²) in [5.74, 6) is -3.03. The van der Waals surface area contributed by atoms with Crippen molar-refractivity contribution in [1.29, 1.82) is 0 Å². The molecule has 0 N–H and O–H groups in total. The van der Waals surface area contributed by atoms with Crippen LogP contribution in [0.3, 0.4) is 0 Å². The maximum atomic E-state index is 14.6. The van der Waals surface area contributed by atoms with Gasteiger partial charge in [-0.2, -0.15) is 8.78 Å². The maximum absolute atomic E-state index is 14.6. The van der Waals surface area contributed by atoms with Gasteiger partial charge in [0.1, 0.15) is 0 Å². The number of aryl methyl sites for hydroxylation is 1. The summed E-state index contributed by atoms with van der Waals surface area (Å²) in [6.45, 7) is -0.640. The van der Waals surface area contributed by atoms with Crippen molar-refractivity contribution >= 4 is 18.0 Å². The van der Waals surface area contributed by atoms with Gasteiger partial charge >= 0.3 is 5.92 Å². The van der Waals surface area contributed by atoms with Crippen LogP contribution in [0.4, 0.5) is 8.78 Å². The van der Waals surface area contributed by atoms with Crippen molar-refractivity contribution in [2.75, 3.05) is 6.61 Å². The molecule has 2 aliphatic rings. The van der Waals surface area contributed by atoms with Gasteiger partial charge in [-0.15, -0.1) is 0 Å². The zero-order chi connectivity index (χ0) is 16.1. The molecule has 0 saturated carbocycles. The van der Waals surface area contributed by atoms with Gasteiger partial charge in [-0.1, -0.05) is 23.7 Å². The molecule has 1 atom stereocenters. The largest absolute Gasteiger partial charge is 0.477 e. The number of halogens is 3. The van der Waals surface area contributed by atoms with E-state index in [1.165, 1.54) is 6.20 Å². The molecule has 0 radical (unpaired) electrons. The summed E-state index contributed by atoms with van der Waals surface area (Å²) in [6.07, 6.45) is 5.22. The summed E-state index contributed by atoms with van der Waals surface area (Å²) >= 11 is 5.98. The standard InChI is InChI=1S/C17H13ClF2N2O/c18-14-5-13(7-21-8-14)12-2-1-11-3-4-16(15(11)6-12)17(19,20)9-23-10-22-16/h1-2,5-8,10H,3-4,9H2/t16-/m1/s1. The minimum Gasteiger partial charge on any atom is -0.477 e. The molecule has 0 bridgehead atoms. The Balaban J connectivity index is 1.87. The summed E-state index contributed by atoms with van der Waals surface area (Å²) in [7, 11) is 0. The number of hydrogen-bond donors (Lipinski definition) is 0. The Labute approximate surface area is 137 Å². The fourth-order valence-electron chi connectivity index (χ4n) is 3.38. The predicted octanol–water partition coefficient (Wildman–Crippen LogP) is 4.24. The monoisotopic (exact) mass is 334 g/mol. The van der Waals surface area contributed by atoms with E-state index in [1.807, 2.05) is 12.1 Å². The molecule has 118 valence electrons. The third kappa shape index (κ3) is 2.14. The number of benzene rings is 1. The molecule has 2 heterocycles. The predicted molar refractivity (Wildman–Crippen MR) is 84.1 cm³/mol. The van der Waals surface area contributed by atoms with E-state index in [0.717, 1.165) is 23.1 Å². The molecule has 0 fully saturated rings. The Morgan fingerprint density at radius 3 is 2.78 bits per heavy atom. The molecular weight excluding hydrogens is 322 g/mol. The highest BCUT2D eigenvalue weighted by Crippen LogP contribution is 2.52. The average molecular weight is 335 g/mol. The van der Waals surface area contributed by atoms with Crippen molar-refractivity contribution in [1.82, 2.24) is 4.98 Å². The fraction of sp³-hybridized carbons (Fsp3) is 0.294. The molecule has 23 heavy (non-hydrogen) atoms. The van der Waals surface area contributed by atoms with Crippen LogP contribution in [0.1, 0.15) is 17.5 Å². The second-order valence-electron chi connectivity index (χ2n) is 5.87. The second-order valence-corrected chi connectivity index (χ2v) is 6.31. The van der Waals surface area contributed by atoms with Crippen molar-refractivity contribution in [2.24, 2.45) is 4.99 Å². The van der Waals surface area contributed by atoms with E-state index in [-0.39, 0.29) is 6.42 Å². The Kier molecular flexibility index (Phi) is 3.17. The van der Waals surface area contributed by atoms with Crippen LogP contribution in [0.5, 0.6) is 0 Å². The van der Waals surface area contributed by atoms with Crippen LogP contribution in [0, 0.1) is 0 Å². The van der Waals surface area contributed by atoms with Crippen LogP contribution in [0.15, 0.2) is 41.7 Å².